The number of amides is 1. The molecule has 2 aromatic rings. The van der Waals surface area contributed by atoms with Gasteiger partial charge >= 0.3 is 5.76 Å². The van der Waals surface area contributed by atoms with Crippen molar-refractivity contribution in [1.29, 1.82) is 0 Å². The Morgan fingerprint density at radius 3 is 2.48 bits per heavy atom. The predicted molar refractivity (Wildman–Crippen MR) is 83.5 cm³/mol. The van der Waals surface area contributed by atoms with E-state index in [1.165, 1.54) is 8.87 Å². The van der Waals surface area contributed by atoms with Crippen LogP contribution < -0.4 is 5.76 Å². The summed E-state index contributed by atoms with van der Waals surface area (Å²) in [5, 5.41) is 0. The van der Waals surface area contributed by atoms with Gasteiger partial charge in [0.1, 0.15) is 6.54 Å². The lowest BCUT2D eigenvalue weighted by Gasteiger charge is -2.33. The van der Waals surface area contributed by atoms with E-state index in [1.807, 2.05) is 0 Å². The number of piperazine rings is 1. The molecule has 0 unspecified atom stereocenters. The molecule has 124 valence electrons. The third-order valence-corrected chi connectivity index (χ3v) is 5.23. The molecule has 1 aromatic carbocycles. The SMILES string of the molecule is CS(=O)(=O)N1CCN(C(=O)Cn2c(=O)oc3ccccc32)CC1. The third kappa shape index (κ3) is 3.15. The Morgan fingerprint density at radius 1 is 1.17 bits per heavy atom. The number of nitrogens with zero attached hydrogens (tertiary/aromatic N) is 3. The van der Waals surface area contributed by atoms with Crippen LogP contribution in [0.15, 0.2) is 33.5 Å². The zero-order chi connectivity index (χ0) is 16.6. The molecule has 0 saturated carbocycles. The van der Waals surface area contributed by atoms with Gasteiger partial charge in [0.05, 0.1) is 11.8 Å². The van der Waals surface area contributed by atoms with Gasteiger partial charge in [0.15, 0.2) is 5.58 Å². The maximum absolute atomic E-state index is 12.4. The van der Waals surface area contributed by atoms with Gasteiger partial charge in [-0.2, -0.15) is 4.31 Å². The van der Waals surface area contributed by atoms with Gasteiger partial charge in [-0.3, -0.25) is 9.36 Å². The lowest BCUT2D eigenvalue weighted by molar-refractivity contribution is -0.133. The molecule has 0 atom stereocenters. The van der Waals surface area contributed by atoms with E-state index in [4.69, 9.17) is 4.42 Å². The fourth-order valence-electron chi connectivity index (χ4n) is 2.67. The molecule has 3 rings (SSSR count). The van der Waals surface area contributed by atoms with Crippen LogP contribution in [0.5, 0.6) is 0 Å². The van der Waals surface area contributed by atoms with Crippen molar-refractivity contribution in [3.05, 3.63) is 34.8 Å². The number of hydrogen-bond acceptors (Lipinski definition) is 5. The van der Waals surface area contributed by atoms with Crippen LogP contribution in [0.4, 0.5) is 0 Å². The lowest BCUT2D eigenvalue weighted by Crippen LogP contribution is -2.51. The smallest absolute Gasteiger partial charge is 0.408 e. The molecule has 1 aromatic heterocycles. The second kappa shape index (κ2) is 5.82. The Balaban J connectivity index is 1.73. The average Bonchev–Trinajstić information content (AvgIpc) is 2.82. The van der Waals surface area contributed by atoms with Gasteiger partial charge in [-0.1, -0.05) is 12.1 Å². The first-order valence-corrected chi connectivity index (χ1v) is 9.02. The molecule has 1 amide bonds. The summed E-state index contributed by atoms with van der Waals surface area (Å²) in [4.78, 5) is 25.8. The second-order valence-corrected chi connectivity index (χ2v) is 7.45. The molecular formula is C14H17N3O5S. The highest BCUT2D eigenvalue weighted by Crippen LogP contribution is 2.13. The summed E-state index contributed by atoms with van der Waals surface area (Å²) in [6, 6.07) is 6.91. The van der Waals surface area contributed by atoms with Crippen molar-refractivity contribution in [3.63, 3.8) is 0 Å². The van der Waals surface area contributed by atoms with E-state index in [2.05, 4.69) is 0 Å². The minimum Gasteiger partial charge on any atom is -0.408 e. The first-order chi connectivity index (χ1) is 10.9. The Kier molecular flexibility index (Phi) is 3.99. The average molecular weight is 339 g/mol. The van der Waals surface area contributed by atoms with Crippen molar-refractivity contribution in [3.8, 4) is 0 Å². The highest BCUT2D eigenvalue weighted by atomic mass is 32.2. The van der Waals surface area contributed by atoms with Crippen LogP contribution in [-0.2, 0) is 21.4 Å². The molecule has 1 aliphatic heterocycles. The van der Waals surface area contributed by atoms with E-state index >= 15 is 0 Å². The van der Waals surface area contributed by atoms with Crippen molar-refractivity contribution < 1.29 is 17.6 Å². The standard InChI is InChI=1S/C14H17N3O5S/c1-23(20,21)16-8-6-15(7-9-16)13(18)10-17-11-4-2-3-5-12(11)22-14(17)19/h2-5H,6-10H2,1H3. The molecule has 0 bridgehead atoms. The van der Waals surface area contributed by atoms with Crippen molar-refractivity contribution in [2.24, 2.45) is 0 Å². The summed E-state index contributed by atoms with van der Waals surface area (Å²) in [6.07, 6.45) is 1.15. The summed E-state index contributed by atoms with van der Waals surface area (Å²) in [5.74, 6) is -0.805. The molecule has 0 N–H and O–H groups in total. The number of rotatable bonds is 3. The van der Waals surface area contributed by atoms with E-state index in [0.29, 0.717) is 24.2 Å². The van der Waals surface area contributed by atoms with E-state index in [9.17, 15) is 18.0 Å². The Labute approximate surface area is 132 Å². The monoisotopic (exact) mass is 339 g/mol. The van der Waals surface area contributed by atoms with Crippen LogP contribution in [-0.4, -0.2) is 60.5 Å². The molecule has 23 heavy (non-hydrogen) atoms. The van der Waals surface area contributed by atoms with Crippen molar-refractivity contribution >= 4 is 27.0 Å². The van der Waals surface area contributed by atoms with Crippen molar-refractivity contribution in [2.75, 3.05) is 32.4 Å². The number of carbonyl (C=O) groups excluding carboxylic acids is 1. The van der Waals surface area contributed by atoms with Gasteiger partial charge < -0.3 is 9.32 Å². The van der Waals surface area contributed by atoms with Crippen LogP contribution in [0.1, 0.15) is 0 Å². The predicted octanol–water partition coefficient (Wildman–Crippen LogP) is -0.302. The van der Waals surface area contributed by atoms with Crippen LogP contribution in [0.2, 0.25) is 0 Å². The molecule has 9 heteroatoms. The summed E-state index contributed by atoms with van der Waals surface area (Å²) < 4.78 is 30.7. The summed E-state index contributed by atoms with van der Waals surface area (Å²) in [5.41, 5.74) is 1.01. The van der Waals surface area contributed by atoms with Gasteiger partial charge in [0.2, 0.25) is 15.9 Å². The first-order valence-electron chi connectivity index (χ1n) is 7.17. The van der Waals surface area contributed by atoms with E-state index in [-0.39, 0.29) is 25.5 Å². The zero-order valence-electron chi connectivity index (χ0n) is 12.6. The minimum absolute atomic E-state index is 0.116. The number of para-hydroxylation sites is 2. The zero-order valence-corrected chi connectivity index (χ0v) is 13.5. The van der Waals surface area contributed by atoms with Gasteiger partial charge in [-0.25, -0.2) is 13.2 Å². The molecule has 0 radical (unpaired) electrons. The fourth-order valence-corrected chi connectivity index (χ4v) is 3.49. The molecular weight excluding hydrogens is 322 g/mol. The molecule has 1 saturated heterocycles. The van der Waals surface area contributed by atoms with Gasteiger partial charge in [-0.05, 0) is 12.1 Å². The van der Waals surface area contributed by atoms with E-state index < -0.39 is 15.8 Å². The molecule has 8 nitrogen and oxygen atoms in total. The van der Waals surface area contributed by atoms with Gasteiger partial charge in [0, 0.05) is 26.2 Å². The number of aromatic nitrogens is 1. The topological polar surface area (TPSA) is 92.8 Å². The van der Waals surface area contributed by atoms with E-state index in [0.717, 1.165) is 6.26 Å². The quantitative estimate of drug-likeness (QED) is 0.765. The largest absolute Gasteiger partial charge is 0.420 e. The lowest BCUT2D eigenvalue weighted by atomic mass is 10.3. The molecule has 0 aliphatic carbocycles. The Morgan fingerprint density at radius 2 is 1.83 bits per heavy atom. The van der Waals surface area contributed by atoms with Crippen LogP contribution in [0.25, 0.3) is 11.1 Å². The molecule has 0 spiro atoms. The van der Waals surface area contributed by atoms with Crippen LogP contribution in [0, 0.1) is 0 Å². The maximum Gasteiger partial charge on any atom is 0.420 e. The van der Waals surface area contributed by atoms with Crippen molar-refractivity contribution in [2.45, 2.75) is 6.54 Å². The third-order valence-electron chi connectivity index (χ3n) is 3.93. The number of fused-ring (bicyclic) bond motifs is 1. The Bertz CT molecular complexity index is 891. The summed E-state index contributed by atoms with van der Waals surface area (Å²) in [7, 11) is -3.24. The number of carbonyl (C=O) groups is 1. The second-order valence-electron chi connectivity index (χ2n) is 5.46. The maximum atomic E-state index is 12.4. The van der Waals surface area contributed by atoms with Crippen LogP contribution >= 0.6 is 0 Å². The Hall–Kier alpha value is -2.13. The normalized spacial score (nSPS) is 16.8. The van der Waals surface area contributed by atoms with Gasteiger partial charge in [-0.15, -0.1) is 0 Å². The number of hydrogen-bond donors (Lipinski definition) is 0. The first kappa shape index (κ1) is 15.8. The van der Waals surface area contributed by atoms with Crippen LogP contribution in [0.3, 0.4) is 0 Å². The minimum atomic E-state index is -3.24. The molecule has 1 fully saturated rings. The number of oxazole rings is 1. The van der Waals surface area contributed by atoms with Crippen molar-refractivity contribution in [1.82, 2.24) is 13.8 Å². The van der Waals surface area contributed by atoms with E-state index in [1.54, 1.807) is 29.2 Å². The molecule has 2 heterocycles. The van der Waals surface area contributed by atoms with Gasteiger partial charge in [0.25, 0.3) is 0 Å². The number of sulfonamides is 1. The fraction of sp³-hybridized carbons (Fsp3) is 0.429. The highest BCUT2D eigenvalue weighted by Gasteiger charge is 2.26. The number of benzene rings is 1. The summed E-state index contributed by atoms with van der Waals surface area (Å²) in [6.45, 7) is 1.05. The molecule has 1 aliphatic rings. The highest BCUT2D eigenvalue weighted by molar-refractivity contribution is 7.88. The summed E-state index contributed by atoms with van der Waals surface area (Å²) >= 11 is 0.